The van der Waals surface area contributed by atoms with Crippen LogP contribution in [0.1, 0.15) is 30.8 Å². The molecule has 0 saturated heterocycles. The molecule has 3 nitrogen and oxygen atoms in total. The summed E-state index contributed by atoms with van der Waals surface area (Å²) >= 11 is 0. The van der Waals surface area contributed by atoms with Gasteiger partial charge in [0.05, 0.1) is 12.6 Å². The minimum absolute atomic E-state index is 0.0315. The Balaban J connectivity index is 3.26. The van der Waals surface area contributed by atoms with E-state index in [0.29, 0.717) is 0 Å². The predicted molar refractivity (Wildman–Crippen MR) is 56.6 cm³/mol. The third-order valence-electron chi connectivity index (χ3n) is 2.51. The lowest BCUT2D eigenvalue weighted by Crippen LogP contribution is -2.20. The van der Waals surface area contributed by atoms with Crippen molar-refractivity contribution in [3.05, 3.63) is 33.7 Å². The van der Waals surface area contributed by atoms with Crippen LogP contribution in [0, 0.1) is 13.8 Å². The molecule has 1 rings (SSSR count). The van der Waals surface area contributed by atoms with Crippen molar-refractivity contribution in [1.82, 2.24) is 4.57 Å². The van der Waals surface area contributed by atoms with Gasteiger partial charge in [-0.1, -0.05) is 6.92 Å². The zero-order valence-electron chi connectivity index (χ0n) is 8.95. The minimum Gasteiger partial charge on any atom is -0.394 e. The van der Waals surface area contributed by atoms with E-state index < -0.39 is 0 Å². The van der Waals surface area contributed by atoms with Gasteiger partial charge in [0.25, 0.3) is 0 Å². The highest BCUT2D eigenvalue weighted by molar-refractivity contribution is 5.13. The number of aliphatic hydroxyl groups excluding tert-OH is 1. The maximum absolute atomic E-state index is 11.2. The van der Waals surface area contributed by atoms with Crippen molar-refractivity contribution in [2.45, 2.75) is 33.2 Å². The number of hydrogen-bond donors (Lipinski definition) is 1. The maximum Gasteiger partial charge on any atom is 0.182 e. The molecule has 0 bridgehead atoms. The van der Waals surface area contributed by atoms with Gasteiger partial charge in [0, 0.05) is 23.5 Å². The molecule has 0 amide bonds. The summed E-state index contributed by atoms with van der Waals surface area (Å²) < 4.78 is 2.02. The summed E-state index contributed by atoms with van der Waals surface area (Å²) in [7, 11) is 0. The summed E-state index contributed by atoms with van der Waals surface area (Å²) in [5.74, 6) is 0. The number of nitrogens with zero attached hydrogens (tertiary/aromatic N) is 1. The first-order valence-corrected chi connectivity index (χ1v) is 4.90. The van der Waals surface area contributed by atoms with Crippen LogP contribution in [0.25, 0.3) is 0 Å². The molecule has 1 heterocycles. The summed E-state index contributed by atoms with van der Waals surface area (Å²) in [6.45, 7) is 5.93. The van der Waals surface area contributed by atoms with Crippen molar-refractivity contribution in [2.75, 3.05) is 6.61 Å². The molecule has 0 fully saturated rings. The van der Waals surface area contributed by atoms with Crippen LogP contribution in [0.5, 0.6) is 0 Å². The van der Waals surface area contributed by atoms with Crippen LogP contribution in [-0.4, -0.2) is 16.3 Å². The van der Waals surface area contributed by atoms with Gasteiger partial charge in [-0.2, -0.15) is 0 Å². The molecule has 1 N–H and O–H groups in total. The van der Waals surface area contributed by atoms with Crippen molar-refractivity contribution in [3.8, 4) is 0 Å². The number of aliphatic hydroxyl groups is 1. The van der Waals surface area contributed by atoms with Crippen LogP contribution >= 0.6 is 0 Å². The van der Waals surface area contributed by atoms with Crippen LogP contribution in [-0.2, 0) is 0 Å². The molecular formula is C11H17NO2. The average Bonchev–Trinajstić information content (AvgIpc) is 2.10. The monoisotopic (exact) mass is 195 g/mol. The Morgan fingerprint density at radius 3 is 2.21 bits per heavy atom. The molecular weight excluding hydrogens is 178 g/mol. The molecule has 1 aromatic rings. The summed E-state index contributed by atoms with van der Waals surface area (Å²) in [6.07, 6.45) is 0.862. The van der Waals surface area contributed by atoms with Gasteiger partial charge in [0.2, 0.25) is 0 Å². The average molecular weight is 195 g/mol. The molecule has 1 aromatic heterocycles. The summed E-state index contributed by atoms with van der Waals surface area (Å²) in [6, 6.07) is 3.28. The first-order chi connectivity index (χ1) is 6.60. The zero-order valence-corrected chi connectivity index (χ0v) is 8.95. The van der Waals surface area contributed by atoms with Gasteiger partial charge in [0.1, 0.15) is 0 Å². The number of rotatable bonds is 3. The fraction of sp³-hybridized carbons (Fsp3) is 0.545. The van der Waals surface area contributed by atoms with Crippen LogP contribution < -0.4 is 5.43 Å². The second-order valence-electron chi connectivity index (χ2n) is 3.59. The van der Waals surface area contributed by atoms with E-state index in [4.69, 9.17) is 0 Å². The standard InChI is InChI=1S/C11H17NO2/c1-4-10(7-13)12-8(2)5-11(14)6-9(12)3/h5-6,10,13H,4,7H2,1-3H3. The van der Waals surface area contributed by atoms with Crippen molar-refractivity contribution in [2.24, 2.45) is 0 Å². The number of aromatic nitrogens is 1. The number of hydrogen-bond acceptors (Lipinski definition) is 2. The van der Waals surface area contributed by atoms with Crippen LogP contribution in [0.3, 0.4) is 0 Å². The third kappa shape index (κ3) is 2.04. The Bertz CT molecular complexity index is 338. The first kappa shape index (κ1) is 11.0. The summed E-state index contributed by atoms with van der Waals surface area (Å²) in [4.78, 5) is 11.2. The SMILES string of the molecule is CCC(CO)n1c(C)cc(=O)cc1C. The van der Waals surface area contributed by atoms with Crippen molar-refractivity contribution in [3.63, 3.8) is 0 Å². The van der Waals surface area contributed by atoms with E-state index in [-0.39, 0.29) is 18.1 Å². The quantitative estimate of drug-likeness (QED) is 0.792. The molecule has 14 heavy (non-hydrogen) atoms. The molecule has 0 aliphatic carbocycles. The van der Waals surface area contributed by atoms with E-state index in [1.54, 1.807) is 12.1 Å². The summed E-state index contributed by atoms with van der Waals surface area (Å²) in [5.41, 5.74) is 1.86. The highest BCUT2D eigenvalue weighted by Gasteiger charge is 2.10. The lowest BCUT2D eigenvalue weighted by molar-refractivity contribution is 0.220. The van der Waals surface area contributed by atoms with Crippen molar-refractivity contribution in [1.29, 1.82) is 0 Å². The second-order valence-corrected chi connectivity index (χ2v) is 3.59. The third-order valence-corrected chi connectivity index (χ3v) is 2.51. The molecule has 78 valence electrons. The van der Waals surface area contributed by atoms with E-state index in [2.05, 4.69) is 0 Å². The fourth-order valence-corrected chi connectivity index (χ4v) is 1.84. The smallest absolute Gasteiger partial charge is 0.182 e. The molecule has 1 atom stereocenters. The minimum atomic E-state index is 0.0315. The zero-order chi connectivity index (χ0) is 10.7. The maximum atomic E-state index is 11.2. The number of aryl methyl sites for hydroxylation is 2. The lowest BCUT2D eigenvalue weighted by Gasteiger charge is -2.22. The van der Waals surface area contributed by atoms with E-state index in [1.807, 2.05) is 25.3 Å². The van der Waals surface area contributed by atoms with Gasteiger partial charge in [0.15, 0.2) is 5.43 Å². The molecule has 0 aliphatic rings. The molecule has 1 unspecified atom stereocenters. The second kappa shape index (κ2) is 4.42. The van der Waals surface area contributed by atoms with Gasteiger partial charge in [-0.3, -0.25) is 4.79 Å². The molecule has 0 radical (unpaired) electrons. The van der Waals surface area contributed by atoms with Crippen molar-refractivity contribution >= 4 is 0 Å². The summed E-state index contributed by atoms with van der Waals surface area (Å²) in [5, 5.41) is 9.20. The molecule has 0 saturated carbocycles. The predicted octanol–water partition coefficient (Wildman–Crippen LogP) is 1.41. The highest BCUT2D eigenvalue weighted by Crippen LogP contribution is 2.14. The van der Waals surface area contributed by atoms with Crippen LogP contribution in [0.4, 0.5) is 0 Å². The van der Waals surface area contributed by atoms with Crippen molar-refractivity contribution < 1.29 is 5.11 Å². The highest BCUT2D eigenvalue weighted by atomic mass is 16.3. The Hall–Kier alpha value is -1.09. The Morgan fingerprint density at radius 2 is 1.86 bits per heavy atom. The fourth-order valence-electron chi connectivity index (χ4n) is 1.84. The van der Waals surface area contributed by atoms with Gasteiger partial charge < -0.3 is 9.67 Å². The lowest BCUT2D eigenvalue weighted by atomic mass is 10.2. The molecule has 0 spiro atoms. The Morgan fingerprint density at radius 1 is 1.36 bits per heavy atom. The molecule has 0 aliphatic heterocycles. The van der Waals surface area contributed by atoms with Crippen LogP contribution in [0.2, 0.25) is 0 Å². The Kier molecular flexibility index (Phi) is 3.47. The first-order valence-electron chi connectivity index (χ1n) is 4.90. The molecule has 3 heteroatoms. The molecule has 0 aromatic carbocycles. The van der Waals surface area contributed by atoms with Gasteiger partial charge >= 0.3 is 0 Å². The van der Waals surface area contributed by atoms with Crippen LogP contribution in [0.15, 0.2) is 16.9 Å². The largest absolute Gasteiger partial charge is 0.394 e. The Labute approximate surface area is 84.0 Å². The van der Waals surface area contributed by atoms with E-state index in [9.17, 15) is 9.90 Å². The number of pyridine rings is 1. The van der Waals surface area contributed by atoms with E-state index >= 15 is 0 Å². The normalized spacial score (nSPS) is 12.9. The van der Waals surface area contributed by atoms with Gasteiger partial charge in [-0.25, -0.2) is 0 Å². The van der Waals surface area contributed by atoms with E-state index in [0.717, 1.165) is 17.8 Å². The van der Waals surface area contributed by atoms with E-state index in [1.165, 1.54) is 0 Å². The van der Waals surface area contributed by atoms with Gasteiger partial charge in [-0.05, 0) is 20.3 Å². The topological polar surface area (TPSA) is 42.2 Å². The van der Waals surface area contributed by atoms with Gasteiger partial charge in [-0.15, -0.1) is 0 Å².